The number of aryl methyl sites for hydroxylation is 1. The molecule has 1 aliphatic heterocycles. The van der Waals surface area contributed by atoms with Gasteiger partial charge in [0.25, 0.3) is 0 Å². The largest absolute Gasteiger partial charge is 0.480 e. The van der Waals surface area contributed by atoms with Crippen LogP contribution in [-0.4, -0.2) is 57.0 Å². The Balaban J connectivity index is 1.59. The molecule has 1 saturated heterocycles. The van der Waals surface area contributed by atoms with Crippen LogP contribution < -0.4 is 15.0 Å². The lowest BCUT2D eigenvalue weighted by atomic mass is 10.1. The maximum absolute atomic E-state index is 14.6. The first-order valence-corrected chi connectivity index (χ1v) is 10.3. The third kappa shape index (κ3) is 3.54. The van der Waals surface area contributed by atoms with Crippen LogP contribution in [0.1, 0.15) is 13.8 Å². The Kier molecular flexibility index (Phi) is 4.70. The first kappa shape index (κ1) is 19.6. The molecule has 4 heterocycles. The van der Waals surface area contributed by atoms with Crippen molar-refractivity contribution in [2.45, 2.75) is 25.9 Å². The minimum atomic E-state index is -0.416. The third-order valence-electron chi connectivity index (χ3n) is 5.55. The number of methoxy groups -OCH3 is 1. The number of hydrogen-bond donors (Lipinski definition) is 1. The Bertz CT molecular complexity index is 1280. The fraction of sp³-hybridized carbons (Fsp3) is 0.364. The summed E-state index contributed by atoms with van der Waals surface area (Å²) in [7, 11) is 3.33. The monoisotopic (exact) mass is 421 g/mol. The normalized spacial score (nSPS) is 19.3. The number of nitrogens with one attached hydrogen (secondary N) is 1. The Hall–Kier alpha value is -3.33. The van der Waals surface area contributed by atoms with E-state index in [4.69, 9.17) is 4.74 Å². The summed E-state index contributed by atoms with van der Waals surface area (Å²) < 4.78 is 21.7. The van der Waals surface area contributed by atoms with Crippen LogP contribution in [0.15, 0.2) is 30.6 Å². The summed E-state index contributed by atoms with van der Waals surface area (Å²) in [5, 5.41) is 9.10. The number of ether oxygens (including phenoxy) is 1. The first-order valence-electron chi connectivity index (χ1n) is 10.3. The van der Waals surface area contributed by atoms with Gasteiger partial charge in [-0.05, 0) is 32.0 Å². The molecule has 0 bridgehead atoms. The minimum Gasteiger partial charge on any atom is -0.480 e. The summed E-state index contributed by atoms with van der Waals surface area (Å²) in [5.74, 6) is 0.358. The number of rotatable bonds is 3. The van der Waals surface area contributed by atoms with E-state index in [1.807, 2.05) is 18.3 Å². The molecule has 0 aliphatic carbocycles. The van der Waals surface area contributed by atoms with Crippen molar-refractivity contribution >= 4 is 27.6 Å². The average Bonchev–Trinajstić information content (AvgIpc) is 3.12. The van der Waals surface area contributed by atoms with E-state index in [0.29, 0.717) is 45.9 Å². The lowest BCUT2D eigenvalue weighted by Gasteiger charge is -2.37. The van der Waals surface area contributed by atoms with Crippen LogP contribution in [-0.2, 0) is 7.05 Å². The molecule has 0 amide bonds. The smallest absolute Gasteiger partial charge is 0.226 e. The number of benzene rings is 1. The van der Waals surface area contributed by atoms with Crippen molar-refractivity contribution in [3.05, 3.63) is 36.4 Å². The molecule has 9 heteroatoms. The molecule has 0 spiro atoms. The van der Waals surface area contributed by atoms with Crippen molar-refractivity contribution in [1.82, 2.24) is 30.0 Å². The van der Waals surface area contributed by atoms with Gasteiger partial charge < -0.3 is 15.0 Å². The molecular weight excluding hydrogens is 397 g/mol. The number of anilines is 1. The first-order chi connectivity index (χ1) is 14.9. The van der Waals surface area contributed by atoms with Gasteiger partial charge in [0, 0.05) is 49.4 Å². The number of aromatic nitrogens is 5. The summed E-state index contributed by atoms with van der Waals surface area (Å²) >= 11 is 0. The van der Waals surface area contributed by atoms with Crippen molar-refractivity contribution in [2.75, 3.05) is 25.1 Å². The van der Waals surface area contributed by atoms with Crippen molar-refractivity contribution in [3.63, 3.8) is 0 Å². The Morgan fingerprint density at radius 3 is 2.65 bits per heavy atom. The topological polar surface area (TPSA) is 81.0 Å². The Morgan fingerprint density at radius 2 is 1.90 bits per heavy atom. The predicted molar refractivity (Wildman–Crippen MR) is 118 cm³/mol. The van der Waals surface area contributed by atoms with Crippen LogP contribution in [0.5, 0.6) is 5.88 Å². The number of nitrogens with zero attached hydrogens (tertiary/aromatic N) is 6. The van der Waals surface area contributed by atoms with Crippen LogP contribution in [0.4, 0.5) is 10.1 Å². The van der Waals surface area contributed by atoms with Gasteiger partial charge in [0.15, 0.2) is 17.3 Å². The highest BCUT2D eigenvalue weighted by atomic mass is 19.1. The highest BCUT2D eigenvalue weighted by Gasteiger charge is 2.22. The number of piperazine rings is 1. The van der Waals surface area contributed by atoms with Gasteiger partial charge in [-0.3, -0.25) is 4.68 Å². The quantitative estimate of drug-likeness (QED) is 0.545. The molecule has 8 nitrogen and oxygen atoms in total. The number of pyridine rings is 1. The lowest BCUT2D eigenvalue weighted by Crippen LogP contribution is -2.54. The lowest BCUT2D eigenvalue weighted by molar-refractivity contribution is 0.402. The SMILES string of the molecule is COc1nc(-c2cc(F)c3nn(C)cc3c2)nc2ncc(N3C[C@H](C)N[C@@H](C)C3)cc12. The summed E-state index contributed by atoms with van der Waals surface area (Å²) in [4.78, 5) is 16.0. The van der Waals surface area contributed by atoms with Crippen molar-refractivity contribution in [3.8, 4) is 17.3 Å². The van der Waals surface area contributed by atoms with Crippen LogP contribution in [0.25, 0.3) is 33.3 Å². The van der Waals surface area contributed by atoms with E-state index >= 15 is 0 Å². The van der Waals surface area contributed by atoms with Crippen molar-refractivity contribution in [2.24, 2.45) is 7.05 Å². The summed E-state index contributed by atoms with van der Waals surface area (Å²) in [6, 6.07) is 6.01. The molecule has 0 unspecified atom stereocenters. The fourth-order valence-corrected chi connectivity index (χ4v) is 4.31. The van der Waals surface area contributed by atoms with Crippen LogP contribution >= 0.6 is 0 Å². The van der Waals surface area contributed by atoms with Gasteiger partial charge in [-0.2, -0.15) is 10.1 Å². The maximum Gasteiger partial charge on any atom is 0.226 e. The van der Waals surface area contributed by atoms with E-state index in [9.17, 15) is 4.39 Å². The van der Waals surface area contributed by atoms with E-state index < -0.39 is 5.82 Å². The Morgan fingerprint density at radius 1 is 1.13 bits per heavy atom. The summed E-state index contributed by atoms with van der Waals surface area (Å²) in [6.07, 6.45) is 3.59. The third-order valence-corrected chi connectivity index (χ3v) is 5.55. The van der Waals surface area contributed by atoms with Gasteiger partial charge in [0.05, 0.1) is 24.4 Å². The van der Waals surface area contributed by atoms with E-state index in [1.165, 1.54) is 6.07 Å². The highest BCUT2D eigenvalue weighted by Crippen LogP contribution is 2.31. The standard InChI is InChI=1S/C22H24FN7O/c1-12-9-30(10-13(2)25-12)16-7-17-21(24-8-16)26-20(27-22(17)31-4)14-5-15-11-29(3)28-19(15)18(23)6-14/h5-8,11-13,25H,9-10H2,1-4H3/t12-,13-/m0/s1. The van der Waals surface area contributed by atoms with Gasteiger partial charge >= 0.3 is 0 Å². The zero-order chi connectivity index (χ0) is 21.7. The van der Waals surface area contributed by atoms with E-state index in [1.54, 1.807) is 25.0 Å². The molecule has 1 aliphatic rings. The fourth-order valence-electron chi connectivity index (χ4n) is 4.31. The molecule has 4 aromatic rings. The van der Waals surface area contributed by atoms with E-state index in [0.717, 1.165) is 24.2 Å². The van der Waals surface area contributed by atoms with Crippen LogP contribution in [0.2, 0.25) is 0 Å². The van der Waals surface area contributed by atoms with Gasteiger partial charge in [-0.1, -0.05) is 0 Å². The second-order valence-corrected chi connectivity index (χ2v) is 8.19. The van der Waals surface area contributed by atoms with E-state index in [2.05, 4.69) is 44.1 Å². The van der Waals surface area contributed by atoms with Gasteiger partial charge in [-0.15, -0.1) is 0 Å². The minimum absolute atomic E-state index is 0.321. The zero-order valence-corrected chi connectivity index (χ0v) is 17.9. The van der Waals surface area contributed by atoms with Gasteiger partial charge in [0.1, 0.15) is 5.52 Å². The van der Waals surface area contributed by atoms with E-state index in [-0.39, 0.29) is 0 Å². The molecule has 31 heavy (non-hydrogen) atoms. The van der Waals surface area contributed by atoms with Crippen molar-refractivity contribution < 1.29 is 9.13 Å². The summed E-state index contributed by atoms with van der Waals surface area (Å²) in [6.45, 7) is 6.13. The molecule has 1 N–H and O–H groups in total. The summed E-state index contributed by atoms with van der Waals surface area (Å²) in [5.41, 5.74) is 2.38. The second-order valence-electron chi connectivity index (χ2n) is 8.19. The van der Waals surface area contributed by atoms with Crippen molar-refractivity contribution in [1.29, 1.82) is 0 Å². The second kappa shape index (κ2) is 7.42. The molecular formula is C22H24FN7O. The molecule has 2 atom stereocenters. The number of hydrogen-bond acceptors (Lipinski definition) is 7. The number of fused-ring (bicyclic) bond motifs is 2. The molecule has 1 aromatic carbocycles. The molecule has 0 radical (unpaired) electrons. The molecule has 5 rings (SSSR count). The number of halogens is 1. The highest BCUT2D eigenvalue weighted by molar-refractivity contribution is 5.87. The zero-order valence-electron chi connectivity index (χ0n) is 17.9. The molecule has 1 fully saturated rings. The molecule has 3 aromatic heterocycles. The Labute approximate surface area is 179 Å². The predicted octanol–water partition coefficient (Wildman–Crippen LogP) is 2.91. The average molecular weight is 421 g/mol. The van der Waals surface area contributed by atoms with Gasteiger partial charge in [0.2, 0.25) is 5.88 Å². The molecule has 160 valence electrons. The maximum atomic E-state index is 14.6. The van der Waals surface area contributed by atoms with Crippen LogP contribution in [0, 0.1) is 5.82 Å². The van der Waals surface area contributed by atoms with Gasteiger partial charge in [-0.25, -0.2) is 14.4 Å². The van der Waals surface area contributed by atoms with Crippen LogP contribution in [0.3, 0.4) is 0 Å². The molecule has 0 saturated carbocycles.